The molecule has 0 bridgehead atoms. The molecule has 4 rings (SSSR count). The van der Waals surface area contributed by atoms with Gasteiger partial charge in [0, 0.05) is 24.8 Å². The van der Waals surface area contributed by atoms with Crippen molar-refractivity contribution in [2.24, 2.45) is 4.99 Å². The van der Waals surface area contributed by atoms with E-state index in [1.165, 1.54) is 0 Å². The van der Waals surface area contributed by atoms with Gasteiger partial charge >= 0.3 is 0 Å². The summed E-state index contributed by atoms with van der Waals surface area (Å²) in [6.07, 6.45) is 2.50. The van der Waals surface area contributed by atoms with Crippen LogP contribution in [0.5, 0.6) is 0 Å². The summed E-state index contributed by atoms with van der Waals surface area (Å²) in [6, 6.07) is 9.73. The maximum Gasteiger partial charge on any atom is 0.273 e. The normalized spacial score (nSPS) is 16.7. The first-order valence-electron chi connectivity index (χ1n) is 6.89. The van der Waals surface area contributed by atoms with Crippen LogP contribution < -0.4 is 5.43 Å². The summed E-state index contributed by atoms with van der Waals surface area (Å²) in [5.74, 6) is 1.16. The van der Waals surface area contributed by atoms with Gasteiger partial charge in [-0.05, 0) is 6.42 Å². The number of aliphatic imine (C=N–C) groups is 1. The van der Waals surface area contributed by atoms with Crippen LogP contribution in [-0.2, 0) is 0 Å². The third-order valence-corrected chi connectivity index (χ3v) is 3.57. The van der Waals surface area contributed by atoms with Crippen molar-refractivity contribution >= 4 is 11.7 Å². The van der Waals surface area contributed by atoms with Crippen LogP contribution >= 0.6 is 0 Å². The van der Waals surface area contributed by atoms with Crippen molar-refractivity contribution in [3.05, 3.63) is 47.8 Å². The first kappa shape index (κ1) is 12.0. The van der Waals surface area contributed by atoms with Crippen LogP contribution in [0.25, 0.3) is 11.4 Å². The second-order valence-corrected chi connectivity index (χ2v) is 4.97. The van der Waals surface area contributed by atoms with Crippen LogP contribution in [0.4, 0.5) is 0 Å². The monoisotopic (exact) mass is 279 g/mol. The smallest absolute Gasteiger partial charge is 0.267 e. The topological polar surface area (TPSA) is 70.5 Å². The van der Waals surface area contributed by atoms with Gasteiger partial charge in [0.25, 0.3) is 5.91 Å². The van der Waals surface area contributed by atoms with Gasteiger partial charge in [-0.2, -0.15) is 0 Å². The lowest BCUT2D eigenvalue weighted by molar-refractivity contribution is 0.0853. The van der Waals surface area contributed by atoms with Crippen molar-refractivity contribution in [2.45, 2.75) is 6.42 Å². The average Bonchev–Trinajstić information content (AvgIpc) is 2.55. The van der Waals surface area contributed by atoms with Gasteiger partial charge in [-0.15, -0.1) is 0 Å². The summed E-state index contributed by atoms with van der Waals surface area (Å²) in [5, 5.41) is 1.77. The molecule has 1 aromatic carbocycles. The van der Waals surface area contributed by atoms with E-state index >= 15 is 0 Å². The summed E-state index contributed by atoms with van der Waals surface area (Å²) in [5.41, 5.74) is 4.84. The molecule has 0 radical (unpaired) electrons. The Morgan fingerprint density at radius 2 is 2.05 bits per heavy atom. The van der Waals surface area contributed by atoms with Crippen LogP contribution in [-0.4, -0.2) is 39.8 Å². The fourth-order valence-electron chi connectivity index (χ4n) is 2.54. The van der Waals surface area contributed by atoms with Gasteiger partial charge in [0.2, 0.25) is 0 Å². The molecule has 2 aromatic rings. The quantitative estimate of drug-likeness (QED) is 0.853. The molecule has 104 valence electrons. The highest BCUT2D eigenvalue weighted by molar-refractivity contribution is 6.12. The fourth-order valence-corrected chi connectivity index (χ4v) is 2.54. The molecule has 1 aromatic heterocycles. The minimum absolute atomic E-state index is 0.175. The van der Waals surface area contributed by atoms with E-state index in [9.17, 15) is 4.79 Å². The molecule has 0 fully saturated rings. The molecule has 0 saturated heterocycles. The number of carbonyl (C=O) groups is 1. The molecule has 0 unspecified atom stereocenters. The minimum atomic E-state index is -0.175. The van der Waals surface area contributed by atoms with Crippen molar-refractivity contribution in [2.75, 3.05) is 13.1 Å². The highest BCUT2D eigenvalue weighted by Crippen LogP contribution is 2.21. The van der Waals surface area contributed by atoms with Crippen molar-refractivity contribution in [1.29, 1.82) is 0 Å². The number of rotatable bonds is 1. The number of amides is 1. The van der Waals surface area contributed by atoms with E-state index in [0.717, 1.165) is 30.9 Å². The van der Waals surface area contributed by atoms with E-state index < -0.39 is 0 Å². The third-order valence-electron chi connectivity index (χ3n) is 3.57. The van der Waals surface area contributed by atoms with Crippen LogP contribution in [0.3, 0.4) is 0 Å². The highest BCUT2D eigenvalue weighted by Gasteiger charge is 2.31. The average molecular weight is 279 g/mol. The van der Waals surface area contributed by atoms with Crippen molar-refractivity contribution < 1.29 is 4.79 Å². The third kappa shape index (κ3) is 1.96. The van der Waals surface area contributed by atoms with Crippen LogP contribution in [0.15, 0.2) is 41.5 Å². The molecular weight excluding hydrogens is 266 g/mol. The summed E-state index contributed by atoms with van der Waals surface area (Å²) in [4.78, 5) is 25.5. The van der Waals surface area contributed by atoms with Gasteiger partial charge in [-0.3, -0.25) is 20.2 Å². The molecule has 0 spiro atoms. The molecule has 2 aliphatic heterocycles. The first-order chi connectivity index (χ1) is 10.3. The number of benzene rings is 1. The van der Waals surface area contributed by atoms with Crippen molar-refractivity contribution in [1.82, 2.24) is 20.4 Å². The van der Waals surface area contributed by atoms with E-state index in [-0.39, 0.29) is 5.91 Å². The summed E-state index contributed by atoms with van der Waals surface area (Å²) in [6.45, 7) is 1.51. The Morgan fingerprint density at radius 3 is 2.90 bits per heavy atom. The number of nitrogens with one attached hydrogen (secondary N) is 1. The summed E-state index contributed by atoms with van der Waals surface area (Å²) in [7, 11) is 0. The number of aromatic nitrogens is 2. The number of carbonyl (C=O) groups excluding carboxylic acids is 1. The van der Waals surface area contributed by atoms with Crippen LogP contribution in [0.1, 0.15) is 22.5 Å². The number of nitrogens with zero attached hydrogens (tertiary/aromatic N) is 4. The molecule has 6 heteroatoms. The van der Waals surface area contributed by atoms with E-state index in [0.29, 0.717) is 17.1 Å². The van der Waals surface area contributed by atoms with Gasteiger partial charge < -0.3 is 0 Å². The molecule has 3 heterocycles. The fraction of sp³-hybridized carbons (Fsp3) is 0.200. The standard InChI is InChI=1S/C15H13N5O/c21-15-11-9-17-13(10-5-2-1-3-6-10)18-12(11)14-16-7-4-8-20(14)19-15/h1-3,5-6,9H,4,7-8H2,(H,19,21). The van der Waals surface area contributed by atoms with Crippen molar-refractivity contribution in [3.63, 3.8) is 0 Å². The Bertz CT molecular complexity index is 741. The second kappa shape index (κ2) is 4.66. The van der Waals surface area contributed by atoms with Gasteiger partial charge in [-0.1, -0.05) is 30.3 Å². The van der Waals surface area contributed by atoms with Gasteiger partial charge in [-0.25, -0.2) is 9.97 Å². The van der Waals surface area contributed by atoms with Gasteiger partial charge in [0.05, 0.1) is 5.56 Å². The molecule has 1 N–H and O–H groups in total. The largest absolute Gasteiger partial charge is 0.273 e. The van der Waals surface area contributed by atoms with Crippen LogP contribution in [0, 0.1) is 0 Å². The molecule has 1 amide bonds. The maximum absolute atomic E-state index is 12.1. The molecule has 21 heavy (non-hydrogen) atoms. The highest BCUT2D eigenvalue weighted by atomic mass is 16.2. The minimum Gasteiger partial charge on any atom is -0.267 e. The predicted molar refractivity (Wildman–Crippen MR) is 77.7 cm³/mol. The zero-order valence-electron chi connectivity index (χ0n) is 11.3. The molecule has 0 atom stereocenters. The summed E-state index contributed by atoms with van der Waals surface area (Å²) >= 11 is 0. The maximum atomic E-state index is 12.1. The summed E-state index contributed by atoms with van der Waals surface area (Å²) < 4.78 is 0. The lowest BCUT2D eigenvalue weighted by atomic mass is 10.1. The number of fused-ring (bicyclic) bond motifs is 3. The molecule has 6 nitrogen and oxygen atoms in total. The number of amidine groups is 1. The van der Waals surface area contributed by atoms with E-state index in [1.54, 1.807) is 11.2 Å². The van der Waals surface area contributed by atoms with Crippen LogP contribution in [0.2, 0.25) is 0 Å². The molecule has 0 aliphatic carbocycles. The first-order valence-corrected chi connectivity index (χ1v) is 6.89. The predicted octanol–water partition coefficient (Wildman–Crippen LogP) is 1.25. The van der Waals surface area contributed by atoms with E-state index in [4.69, 9.17) is 0 Å². The lowest BCUT2D eigenvalue weighted by Crippen LogP contribution is -2.53. The number of hydrogen-bond donors (Lipinski definition) is 1. The van der Waals surface area contributed by atoms with Gasteiger partial charge in [0.15, 0.2) is 11.7 Å². The lowest BCUT2D eigenvalue weighted by Gasteiger charge is -2.33. The molecular formula is C15H13N5O. The number of hydrazine groups is 1. The zero-order valence-corrected chi connectivity index (χ0v) is 11.3. The SMILES string of the molecule is O=C1NN2CCCN=C2c2nc(-c3ccccc3)ncc21. The second-order valence-electron chi connectivity index (χ2n) is 4.97. The van der Waals surface area contributed by atoms with Gasteiger partial charge in [0.1, 0.15) is 5.69 Å². The van der Waals surface area contributed by atoms with E-state index in [1.807, 2.05) is 30.3 Å². The van der Waals surface area contributed by atoms with Crippen molar-refractivity contribution in [3.8, 4) is 11.4 Å². The Morgan fingerprint density at radius 1 is 1.19 bits per heavy atom. The Balaban J connectivity index is 1.87. The Kier molecular flexibility index (Phi) is 2.67. The van der Waals surface area contributed by atoms with E-state index in [2.05, 4.69) is 20.4 Å². The Labute approximate surface area is 121 Å². The molecule has 2 aliphatic rings. The molecule has 0 saturated carbocycles. The zero-order chi connectivity index (χ0) is 14.2. The Hall–Kier alpha value is -2.76. The number of hydrogen-bond acceptors (Lipinski definition) is 5.